The van der Waals surface area contributed by atoms with Gasteiger partial charge in [0.05, 0.1) is 0 Å². The van der Waals surface area contributed by atoms with Crippen molar-refractivity contribution in [3.05, 3.63) is 11.8 Å². The molecule has 0 aromatic rings. The molecule has 2 rings (SSSR count). The molecule has 2 aliphatic rings. The Hall–Kier alpha value is -1.36. The first kappa shape index (κ1) is 6.36. The minimum atomic E-state index is 0.0394. The highest BCUT2D eigenvalue weighted by atomic mass is 32.1. The van der Waals surface area contributed by atoms with Gasteiger partial charge >= 0.3 is 0 Å². The molecule has 54 valence electrons. The minimum absolute atomic E-state index is 0.0394. The average molecular weight is 165 g/mol. The van der Waals surface area contributed by atoms with E-state index in [4.69, 9.17) is 12.2 Å². The molecule has 0 fully saturated rings. The molecule has 0 aromatic heterocycles. The Labute approximate surface area is 67.7 Å². The molecule has 4 nitrogen and oxygen atoms in total. The van der Waals surface area contributed by atoms with Crippen LogP contribution in [0, 0.1) is 0 Å². The van der Waals surface area contributed by atoms with Gasteiger partial charge in [-0.25, -0.2) is 15.0 Å². The van der Waals surface area contributed by atoms with Crippen LogP contribution in [0.1, 0.15) is 0 Å². The molecule has 0 bridgehead atoms. The third kappa shape index (κ3) is 0.894. The highest BCUT2D eigenvalue weighted by Gasteiger charge is 2.20. The van der Waals surface area contributed by atoms with Gasteiger partial charge in [0.1, 0.15) is 17.1 Å². The summed E-state index contributed by atoms with van der Waals surface area (Å²) in [6.45, 7) is 0. The van der Waals surface area contributed by atoms with Gasteiger partial charge in [0.15, 0.2) is 11.5 Å². The van der Waals surface area contributed by atoms with E-state index in [1.807, 2.05) is 0 Å². The number of dihydropyridines is 1. The number of hydrogen-bond donors (Lipinski definition) is 1. The van der Waals surface area contributed by atoms with Gasteiger partial charge in [0, 0.05) is 6.08 Å². The molecule has 0 unspecified atom stereocenters. The van der Waals surface area contributed by atoms with E-state index in [0.717, 1.165) is 0 Å². The van der Waals surface area contributed by atoms with Gasteiger partial charge in [-0.3, -0.25) is 0 Å². The van der Waals surface area contributed by atoms with Crippen LogP contribution in [-0.2, 0) is 0 Å². The molecule has 0 saturated carbocycles. The van der Waals surface area contributed by atoms with Gasteiger partial charge in [0.2, 0.25) is 0 Å². The third-order valence-electron chi connectivity index (χ3n) is 1.30. The molecular formula is C6H3N3OS. The predicted molar refractivity (Wildman–Crippen MR) is 46.7 cm³/mol. The van der Waals surface area contributed by atoms with Gasteiger partial charge in [-0.2, -0.15) is 0 Å². The summed E-state index contributed by atoms with van der Waals surface area (Å²) in [7, 11) is 0. The van der Waals surface area contributed by atoms with Crippen LogP contribution in [0.4, 0.5) is 0 Å². The topological polar surface area (TPSA) is 57.3 Å². The summed E-state index contributed by atoms with van der Waals surface area (Å²) in [5, 5.41) is 9.23. The molecule has 0 spiro atoms. The molecule has 0 aliphatic carbocycles. The van der Waals surface area contributed by atoms with Crippen molar-refractivity contribution in [2.75, 3.05) is 0 Å². The van der Waals surface area contributed by atoms with Gasteiger partial charge in [-0.15, -0.1) is 0 Å². The standard InChI is InChI=1S/C6H3N3OS/c10-3-1-4(11)9-6-5(3)7-2-8-6/h1-2,10H. The van der Waals surface area contributed by atoms with E-state index in [-0.39, 0.29) is 5.76 Å². The zero-order valence-corrected chi connectivity index (χ0v) is 6.17. The predicted octanol–water partition coefficient (Wildman–Crippen LogP) is 0.651. The van der Waals surface area contributed by atoms with Crippen LogP contribution in [0.5, 0.6) is 0 Å². The number of nitrogens with zero attached hydrogens (tertiary/aromatic N) is 3. The van der Waals surface area contributed by atoms with Crippen LogP contribution in [-0.4, -0.2) is 28.0 Å². The van der Waals surface area contributed by atoms with E-state index in [9.17, 15) is 5.11 Å². The van der Waals surface area contributed by atoms with Crippen molar-refractivity contribution >= 4 is 35.1 Å². The average Bonchev–Trinajstić information content (AvgIpc) is 2.34. The molecule has 0 atom stereocenters. The maximum atomic E-state index is 9.23. The Morgan fingerprint density at radius 2 is 2.27 bits per heavy atom. The van der Waals surface area contributed by atoms with Crippen LogP contribution < -0.4 is 0 Å². The summed E-state index contributed by atoms with van der Waals surface area (Å²) >= 11 is 4.75. The minimum Gasteiger partial charge on any atom is -0.505 e. The van der Waals surface area contributed by atoms with E-state index in [1.165, 1.54) is 12.4 Å². The fourth-order valence-corrected chi connectivity index (χ4v) is 1.04. The fourth-order valence-electron chi connectivity index (χ4n) is 0.845. The Bertz CT molecular complexity index is 351. The number of aliphatic imine (C=N–C) groups is 3. The first-order valence-corrected chi connectivity index (χ1v) is 3.32. The Balaban J connectivity index is 2.54. The molecule has 2 heterocycles. The molecule has 0 saturated heterocycles. The van der Waals surface area contributed by atoms with Gasteiger partial charge in [0.25, 0.3) is 0 Å². The zero-order chi connectivity index (χ0) is 7.84. The fraction of sp³-hybridized carbons (Fsp3) is 0. The van der Waals surface area contributed by atoms with Crippen molar-refractivity contribution in [1.29, 1.82) is 0 Å². The summed E-state index contributed by atoms with van der Waals surface area (Å²) in [6.07, 6.45) is 2.72. The van der Waals surface area contributed by atoms with E-state index >= 15 is 0 Å². The van der Waals surface area contributed by atoms with Crippen molar-refractivity contribution < 1.29 is 5.11 Å². The molecule has 5 heteroatoms. The lowest BCUT2D eigenvalue weighted by Gasteiger charge is -2.04. The highest BCUT2D eigenvalue weighted by molar-refractivity contribution is 7.80. The Morgan fingerprint density at radius 3 is 3.09 bits per heavy atom. The quantitative estimate of drug-likeness (QED) is 0.536. The maximum Gasteiger partial charge on any atom is 0.184 e. The van der Waals surface area contributed by atoms with Crippen LogP contribution in [0.2, 0.25) is 0 Å². The molecule has 11 heavy (non-hydrogen) atoms. The molecular weight excluding hydrogens is 162 g/mol. The van der Waals surface area contributed by atoms with Crippen molar-refractivity contribution in [2.24, 2.45) is 15.0 Å². The van der Waals surface area contributed by atoms with Gasteiger partial charge in [-0.1, -0.05) is 12.2 Å². The molecule has 1 N–H and O–H groups in total. The summed E-state index contributed by atoms with van der Waals surface area (Å²) in [5.74, 6) is 0.438. The zero-order valence-electron chi connectivity index (χ0n) is 5.35. The third-order valence-corrected chi connectivity index (χ3v) is 1.51. The summed E-state index contributed by atoms with van der Waals surface area (Å²) in [4.78, 5) is 11.8. The van der Waals surface area contributed by atoms with E-state index in [0.29, 0.717) is 16.5 Å². The molecule has 0 amide bonds. The second kappa shape index (κ2) is 2.06. The van der Waals surface area contributed by atoms with Crippen LogP contribution in [0.15, 0.2) is 26.8 Å². The van der Waals surface area contributed by atoms with Crippen molar-refractivity contribution in [3.8, 4) is 0 Å². The summed E-state index contributed by atoms with van der Waals surface area (Å²) < 4.78 is 0. The Kier molecular flexibility index (Phi) is 1.19. The summed E-state index contributed by atoms with van der Waals surface area (Å²) in [6, 6.07) is 0. The maximum absolute atomic E-state index is 9.23. The Morgan fingerprint density at radius 1 is 1.45 bits per heavy atom. The number of hydrogen-bond acceptors (Lipinski definition) is 4. The SMILES string of the molecule is OC1=CC(=S)N=C2N=CN=C12. The smallest absolute Gasteiger partial charge is 0.184 e. The van der Waals surface area contributed by atoms with Gasteiger partial charge in [-0.05, 0) is 0 Å². The van der Waals surface area contributed by atoms with Crippen molar-refractivity contribution in [3.63, 3.8) is 0 Å². The van der Waals surface area contributed by atoms with Crippen molar-refractivity contribution in [1.82, 2.24) is 0 Å². The first-order chi connectivity index (χ1) is 5.27. The second-order valence-electron chi connectivity index (χ2n) is 2.03. The number of aliphatic hydroxyl groups is 1. The number of rotatable bonds is 0. The normalized spacial score (nSPS) is 20.7. The van der Waals surface area contributed by atoms with Crippen LogP contribution in [0.3, 0.4) is 0 Å². The van der Waals surface area contributed by atoms with E-state index in [1.54, 1.807) is 0 Å². The number of fused-ring (bicyclic) bond motifs is 1. The van der Waals surface area contributed by atoms with Gasteiger partial charge < -0.3 is 5.11 Å². The van der Waals surface area contributed by atoms with Crippen molar-refractivity contribution in [2.45, 2.75) is 0 Å². The lowest BCUT2D eigenvalue weighted by Crippen LogP contribution is -2.17. The van der Waals surface area contributed by atoms with Crippen LogP contribution in [0.25, 0.3) is 0 Å². The molecule has 2 aliphatic heterocycles. The second-order valence-corrected chi connectivity index (χ2v) is 2.44. The van der Waals surface area contributed by atoms with E-state index in [2.05, 4.69) is 15.0 Å². The molecule has 0 aromatic carbocycles. The lowest BCUT2D eigenvalue weighted by atomic mass is 10.2. The lowest BCUT2D eigenvalue weighted by molar-refractivity contribution is 0.445. The molecule has 0 radical (unpaired) electrons. The van der Waals surface area contributed by atoms with E-state index < -0.39 is 0 Å². The number of aliphatic hydroxyl groups excluding tert-OH is 1. The summed E-state index contributed by atoms with van der Waals surface area (Å²) in [5.41, 5.74) is 0.401. The van der Waals surface area contributed by atoms with Crippen LogP contribution >= 0.6 is 12.2 Å². The number of amidine groups is 1. The first-order valence-electron chi connectivity index (χ1n) is 2.92. The monoisotopic (exact) mass is 165 g/mol. The largest absolute Gasteiger partial charge is 0.505 e. The number of thiocarbonyl (C=S) groups is 1. The highest BCUT2D eigenvalue weighted by Crippen LogP contribution is 2.09.